The Balaban J connectivity index is 2.02. The Hall–Kier alpha value is -0.170. The highest BCUT2D eigenvalue weighted by Crippen LogP contribution is 2.30. The maximum Gasteiger partial charge on any atom is 0.280 e. The highest BCUT2D eigenvalue weighted by Gasteiger charge is 2.39. The molecule has 2 fully saturated rings. The Kier molecular flexibility index (Phi) is 4.55. The molecule has 1 unspecified atom stereocenters. The molecule has 2 N–H and O–H groups in total. The maximum absolute atomic E-state index is 12.5. The van der Waals surface area contributed by atoms with Gasteiger partial charge in [-0.05, 0) is 53.0 Å². The van der Waals surface area contributed by atoms with Gasteiger partial charge < -0.3 is 5.32 Å². The van der Waals surface area contributed by atoms with Gasteiger partial charge in [0.15, 0.2) is 0 Å². The van der Waals surface area contributed by atoms with E-state index in [1.165, 1.54) is 12.8 Å². The Morgan fingerprint density at radius 2 is 1.89 bits per heavy atom. The molecule has 0 aromatic heterocycles. The van der Waals surface area contributed by atoms with E-state index >= 15 is 0 Å². The minimum absolute atomic E-state index is 0.212. The Labute approximate surface area is 117 Å². The molecule has 1 saturated heterocycles. The van der Waals surface area contributed by atoms with E-state index in [4.69, 9.17) is 0 Å². The van der Waals surface area contributed by atoms with Crippen LogP contribution in [0.1, 0.15) is 52.9 Å². The van der Waals surface area contributed by atoms with Crippen molar-refractivity contribution in [3.8, 4) is 0 Å². The second-order valence-electron chi connectivity index (χ2n) is 6.80. The third-order valence-electron chi connectivity index (χ3n) is 3.51. The van der Waals surface area contributed by atoms with Crippen molar-refractivity contribution in [1.82, 2.24) is 14.3 Å². The fourth-order valence-corrected chi connectivity index (χ4v) is 4.42. The van der Waals surface area contributed by atoms with E-state index in [2.05, 4.69) is 10.0 Å². The first kappa shape index (κ1) is 15.2. The molecule has 5 nitrogen and oxygen atoms in total. The molecule has 1 aliphatic heterocycles. The van der Waals surface area contributed by atoms with Crippen LogP contribution in [0, 0.1) is 0 Å². The van der Waals surface area contributed by atoms with E-state index in [1.54, 1.807) is 4.31 Å². The monoisotopic (exact) mass is 289 g/mol. The molecule has 1 aliphatic carbocycles. The third-order valence-corrected chi connectivity index (χ3v) is 5.45. The summed E-state index contributed by atoms with van der Waals surface area (Å²) in [5.74, 6) is 0. The lowest BCUT2D eigenvalue weighted by Gasteiger charge is -2.32. The first-order valence-corrected chi connectivity index (χ1v) is 8.76. The van der Waals surface area contributed by atoms with Crippen molar-refractivity contribution in [2.45, 2.75) is 70.5 Å². The Morgan fingerprint density at radius 3 is 2.37 bits per heavy atom. The van der Waals surface area contributed by atoms with Crippen LogP contribution >= 0.6 is 0 Å². The Morgan fingerprint density at radius 1 is 1.21 bits per heavy atom. The fraction of sp³-hybridized carbons (Fsp3) is 1.00. The van der Waals surface area contributed by atoms with Crippen LogP contribution in [0.3, 0.4) is 0 Å². The minimum Gasteiger partial charge on any atom is -0.313 e. The summed E-state index contributed by atoms with van der Waals surface area (Å²) in [4.78, 5) is 0. The molecular weight excluding hydrogens is 262 g/mol. The summed E-state index contributed by atoms with van der Waals surface area (Å²) >= 11 is 0. The second kappa shape index (κ2) is 5.68. The van der Waals surface area contributed by atoms with Gasteiger partial charge in [0.2, 0.25) is 0 Å². The van der Waals surface area contributed by atoms with Crippen molar-refractivity contribution in [2.75, 3.05) is 13.1 Å². The van der Waals surface area contributed by atoms with E-state index in [-0.39, 0.29) is 6.04 Å². The molecule has 0 aromatic carbocycles. The van der Waals surface area contributed by atoms with Gasteiger partial charge in [0.25, 0.3) is 10.2 Å². The van der Waals surface area contributed by atoms with Gasteiger partial charge in [-0.15, -0.1) is 0 Å². The summed E-state index contributed by atoms with van der Waals surface area (Å²) in [6.07, 6.45) is 5.47. The van der Waals surface area contributed by atoms with Crippen molar-refractivity contribution in [3.05, 3.63) is 0 Å². The molecule has 0 aromatic rings. The van der Waals surface area contributed by atoms with Crippen LogP contribution in [-0.2, 0) is 10.2 Å². The lowest BCUT2D eigenvalue weighted by atomic mass is 10.1. The van der Waals surface area contributed by atoms with Crippen molar-refractivity contribution >= 4 is 10.2 Å². The zero-order valence-corrected chi connectivity index (χ0v) is 13.1. The van der Waals surface area contributed by atoms with Gasteiger partial charge in [-0.1, -0.05) is 6.42 Å². The summed E-state index contributed by atoms with van der Waals surface area (Å²) in [7, 11) is -3.37. The van der Waals surface area contributed by atoms with Crippen molar-refractivity contribution in [1.29, 1.82) is 0 Å². The first-order valence-electron chi connectivity index (χ1n) is 7.32. The summed E-state index contributed by atoms with van der Waals surface area (Å²) < 4.78 is 29.4. The highest BCUT2D eigenvalue weighted by atomic mass is 32.2. The van der Waals surface area contributed by atoms with Gasteiger partial charge in [-0.3, -0.25) is 0 Å². The summed E-state index contributed by atoms with van der Waals surface area (Å²) in [6, 6.07) is 0.523. The maximum atomic E-state index is 12.5. The average molecular weight is 289 g/mol. The normalized spacial score (nSPS) is 25.8. The molecule has 112 valence electrons. The van der Waals surface area contributed by atoms with Crippen LogP contribution in [0.25, 0.3) is 0 Å². The number of nitrogens with zero attached hydrogens (tertiary/aromatic N) is 1. The van der Waals surface area contributed by atoms with Crippen LogP contribution in [0.5, 0.6) is 0 Å². The molecule has 0 spiro atoms. The van der Waals surface area contributed by atoms with Gasteiger partial charge in [-0.2, -0.15) is 17.4 Å². The van der Waals surface area contributed by atoms with Crippen LogP contribution in [-0.4, -0.2) is 43.4 Å². The van der Waals surface area contributed by atoms with Gasteiger partial charge in [-0.25, -0.2) is 0 Å². The molecular formula is C13H27N3O2S. The molecule has 2 rings (SSSR count). The number of nitrogens with one attached hydrogen (secondary N) is 2. The average Bonchev–Trinajstić information content (AvgIpc) is 3.07. The summed E-state index contributed by atoms with van der Waals surface area (Å²) in [5.41, 5.74) is -0.425. The van der Waals surface area contributed by atoms with Crippen molar-refractivity contribution in [2.24, 2.45) is 0 Å². The molecule has 6 heteroatoms. The van der Waals surface area contributed by atoms with E-state index in [9.17, 15) is 8.42 Å². The topological polar surface area (TPSA) is 61.4 Å². The predicted molar refractivity (Wildman–Crippen MR) is 77.2 cm³/mol. The van der Waals surface area contributed by atoms with Gasteiger partial charge in [0, 0.05) is 24.2 Å². The largest absolute Gasteiger partial charge is 0.313 e. The summed E-state index contributed by atoms with van der Waals surface area (Å²) in [5, 5.41) is 3.43. The molecule has 1 saturated carbocycles. The molecule has 19 heavy (non-hydrogen) atoms. The quantitative estimate of drug-likeness (QED) is 0.800. The number of hydrogen-bond donors (Lipinski definition) is 2. The van der Waals surface area contributed by atoms with Gasteiger partial charge in [0.1, 0.15) is 0 Å². The van der Waals surface area contributed by atoms with Gasteiger partial charge >= 0.3 is 0 Å². The molecule has 0 radical (unpaired) electrons. The zero-order chi connectivity index (χ0) is 14.1. The highest BCUT2D eigenvalue weighted by molar-refractivity contribution is 7.87. The molecule has 2 aliphatic rings. The Bertz CT molecular complexity index is 393. The second-order valence-corrected chi connectivity index (χ2v) is 8.43. The van der Waals surface area contributed by atoms with Crippen LogP contribution in [0.15, 0.2) is 0 Å². The third kappa shape index (κ3) is 4.70. The number of piperidine rings is 1. The van der Waals surface area contributed by atoms with E-state index in [1.807, 2.05) is 20.8 Å². The zero-order valence-electron chi connectivity index (χ0n) is 12.3. The molecule has 0 bridgehead atoms. The van der Waals surface area contributed by atoms with Crippen molar-refractivity contribution < 1.29 is 8.42 Å². The van der Waals surface area contributed by atoms with Crippen LogP contribution in [0.2, 0.25) is 0 Å². The van der Waals surface area contributed by atoms with E-state index in [0.29, 0.717) is 12.6 Å². The van der Waals surface area contributed by atoms with Crippen LogP contribution < -0.4 is 10.0 Å². The fourth-order valence-electron chi connectivity index (χ4n) is 2.55. The lowest BCUT2D eigenvalue weighted by Crippen LogP contribution is -2.53. The smallest absolute Gasteiger partial charge is 0.280 e. The first-order chi connectivity index (χ1) is 8.78. The van der Waals surface area contributed by atoms with E-state index in [0.717, 1.165) is 25.8 Å². The number of rotatable bonds is 5. The molecule has 1 heterocycles. The van der Waals surface area contributed by atoms with Gasteiger partial charge in [0.05, 0.1) is 0 Å². The molecule has 1 atom stereocenters. The SMILES string of the molecule is CC(C)(C)NS(=O)(=O)N(CC1CCCCN1)C1CC1. The summed E-state index contributed by atoms with van der Waals surface area (Å²) in [6.45, 7) is 7.27. The van der Waals surface area contributed by atoms with E-state index < -0.39 is 15.7 Å². The van der Waals surface area contributed by atoms with Crippen molar-refractivity contribution in [3.63, 3.8) is 0 Å². The lowest BCUT2D eigenvalue weighted by molar-refractivity contribution is 0.300. The predicted octanol–water partition coefficient (Wildman–Crippen LogP) is 1.23. The molecule has 0 amide bonds. The van der Waals surface area contributed by atoms with Crippen LogP contribution in [0.4, 0.5) is 0 Å². The standard InChI is InChI=1S/C13H27N3O2S/c1-13(2,3)15-19(17,18)16(12-7-8-12)10-11-6-4-5-9-14-11/h11-12,14-15H,4-10H2,1-3H3. The number of hydrogen-bond acceptors (Lipinski definition) is 3. The minimum atomic E-state index is -3.37.